The fourth-order valence-electron chi connectivity index (χ4n) is 3.21. The summed E-state index contributed by atoms with van der Waals surface area (Å²) in [5, 5.41) is 12.0. The van der Waals surface area contributed by atoms with Gasteiger partial charge in [-0.05, 0) is 12.3 Å². The number of hydrogen-bond acceptors (Lipinski definition) is 8. The van der Waals surface area contributed by atoms with E-state index in [0.29, 0.717) is 24.2 Å². The van der Waals surface area contributed by atoms with Crippen LogP contribution in [0.25, 0.3) is 11.0 Å². The lowest BCUT2D eigenvalue weighted by Gasteiger charge is -2.27. The van der Waals surface area contributed by atoms with E-state index in [0.717, 1.165) is 29.4 Å². The second-order valence-corrected chi connectivity index (χ2v) is 7.09. The van der Waals surface area contributed by atoms with E-state index >= 15 is 0 Å². The first-order valence-electron chi connectivity index (χ1n) is 8.35. The summed E-state index contributed by atoms with van der Waals surface area (Å²) in [6.45, 7) is 1.82. The molecule has 0 radical (unpaired) electrons. The molecule has 0 aliphatic carbocycles. The number of nitro benzene ring substituents is 1. The van der Waals surface area contributed by atoms with Gasteiger partial charge in [-0.25, -0.2) is 9.97 Å². The van der Waals surface area contributed by atoms with Crippen LogP contribution in [-0.2, 0) is 19.5 Å². The molecule has 1 aromatic carbocycles. The molecule has 0 saturated heterocycles. The molecule has 8 nitrogen and oxygen atoms in total. The minimum absolute atomic E-state index is 0.124. The third-order valence-corrected chi connectivity index (χ3v) is 5.17. The summed E-state index contributed by atoms with van der Waals surface area (Å²) in [7, 11) is 0. The summed E-state index contributed by atoms with van der Waals surface area (Å²) in [6, 6.07) is 4.06. The van der Waals surface area contributed by atoms with Crippen LogP contribution >= 0.6 is 11.8 Å². The first-order valence-corrected chi connectivity index (χ1v) is 9.57. The van der Waals surface area contributed by atoms with Gasteiger partial charge in [-0.2, -0.15) is 0 Å². The molecule has 0 bridgehead atoms. The van der Waals surface area contributed by atoms with E-state index in [1.807, 2.05) is 12.5 Å². The monoisotopic (exact) mass is 384 g/mol. The number of nitro groups is 1. The fraction of sp³-hybridized carbons (Fsp3) is 0.278. The minimum atomic E-state index is -0.518. The Morgan fingerprint density at radius 1 is 1.41 bits per heavy atom. The molecule has 0 amide bonds. The highest BCUT2D eigenvalue weighted by Crippen LogP contribution is 2.22. The Morgan fingerprint density at radius 2 is 2.26 bits per heavy atom. The van der Waals surface area contributed by atoms with Gasteiger partial charge in [0.05, 0.1) is 22.3 Å². The van der Waals surface area contributed by atoms with E-state index in [-0.39, 0.29) is 16.5 Å². The Kier molecular flexibility index (Phi) is 4.63. The highest BCUT2D eigenvalue weighted by molar-refractivity contribution is 7.98. The molecule has 27 heavy (non-hydrogen) atoms. The number of benzene rings is 1. The van der Waals surface area contributed by atoms with Crippen molar-refractivity contribution in [1.29, 1.82) is 0 Å². The molecule has 138 valence electrons. The van der Waals surface area contributed by atoms with Crippen molar-refractivity contribution in [3.05, 3.63) is 67.8 Å². The zero-order valence-corrected chi connectivity index (χ0v) is 15.4. The van der Waals surface area contributed by atoms with Crippen molar-refractivity contribution in [3.8, 4) is 0 Å². The maximum absolute atomic E-state index is 12.8. The predicted molar refractivity (Wildman–Crippen MR) is 101 cm³/mol. The molecule has 3 heterocycles. The Hall–Kier alpha value is -2.78. The topological polar surface area (TPSA) is 102 Å². The number of nitrogens with zero attached hydrogens (tertiary/aromatic N) is 4. The number of hydrogen-bond donors (Lipinski definition) is 0. The highest BCUT2D eigenvalue weighted by Gasteiger charge is 2.20. The SMILES string of the molecule is CSc1ncc2c(n1)CCN(Cc1coc3ccc([N+](=O)[O-])cc3c1=O)C2. The molecule has 3 aromatic rings. The van der Waals surface area contributed by atoms with Gasteiger partial charge in [0, 0.05) is 55.5 Å². The average Bonchev–Trinajstić information content (AvgIpc) is 2.69. The zero-order valence-electron chi connectivity index (χ0n) is 14.5. The number of fused-ring (bicyclic) bond motifs is 2. The van der Waals surface area contributed by atoms with Crippen LogP contribution in [0.2, 0.25) is 0 Å². The molecule has 0 N–H and O–H groups in total. The molecule has 1 aliphatic rings. The van der Waals surface area contributed by atoms with Crippen molar-refractivity contribution >= 4 is 28.4 Å². The van der Waals surface area contributed by atoms with Crippen LogP contribution < -0.4 is 5.43 Å². The summed E-state index contributed by atoms with van der Waals surface area (Å²) in [5.74, 6) is 0. The van der Waals surface area contributed by atoms with Gasteiger partial charge in [0.1, 0.15) is 5.58 Å². The quantitative estimate of drug-likeness (QED) is 0.293. The second kappa shape index (κ2) is 7.09. The van der Waals surface area contributed by atoms with Gasteiger partial charge in [0.2, 0.25) is 0 Å². The molecule has 9 heteroatoms. The van der Waals surface area contributed by atoms with Gasteiger partial charge in [0.15, 0.2) is 10.6 Å². The van der Waals surface area contributed by atoms with E-state index in [4.69, 9.17) is 4.42 Å². The normalized spacial score (nSPS) is 14.3. The summed E-state index contributed by atoms with van der Waals surface area (Å²) in [6.07, 6.45) is 6.02. The number of rotatable bonds is 4. The summed E-state index contributed by atoms with van der Waals surface area (Å²) in [5.41, 5.74) is 2.57. The first-order chi connectivity index (χ1) is 13.0. The number of thioether (sulfide) groups is 1. The van der Waals surface area contributed by atoms with Crippen molar-refractivity contribution in [3.63, 3.8) is 0 Å². The van der Waals surface area contributed by atoms with Crippen LogP contribution in [0.5, 0.6) is 0 Å². The number of aromatic nitrogens is 2. The lowest BCUT2D eigenvalue weighted by Crippen LogP contribution is -2.32. The van der Waals surface area contributed by atoms with E-state index in [9.17, 15) is 14.9 Å². The summed E-state index contributed by atoms with van der Waals surface area (Å²) < 4.78 is 5.52. The molecule has 1 aliphatic heterocycles. The Morgan fingerprint density at radius 3 is 3.04 bits per heavy atom. The third kappa shape index (κ3) is 3.43. The van der Waals surface area contributed by atoms with Crippen LogP contribution in [0.15, 0.2) is 45.0 Å². The van der Waals surface area contributed by atoms with Gasteiger partial charge in [-0.15, -0.1) is 0 Å². The lowest BCUT2D eigenvalue weighted by atomic mass is 10.1. The van der Waals surface area contributed by atoms with E-state index in [1.54, 1.807) is 0 Å². The second-order valence-electron chi connectivity index (χ2n) is 6.32. The van der Waals surface area contributed by atoms with Crippen LogP contribution in [0.1, 0.15) is 16.8 Å². The lowest BCUT2D eigenvalue weighted by molar-refractivity contribution is -0.384. The molecule has 2 aromatic heterocycles. The van der Waals surface area contributed by atoms with E-state index in [1.165, 1.54) is 36.2 Å². The van der Waals surface area contributed by atoms with Crippen LogP contribution in [0, 0.1) is 10.1 Å². The van der Waals surface area contributed by atoms with Crippen molar-refractivity contribution < 1.29 is 9.34 Å². The maximum atomic E-state index is 12.8. The molecule has 4 rings (SSSR count). The third-order valence-electron chi connectivity index (χ3n) is 4.61. The van der Waals surface area contributed by atoms with Crippen molar-refractivity contribution in [1.82, 2.24) is 14.9 Å². The van der Waals surface area contributed by atoms with Crippen molar-refractivity contribution in [2.45, 2.75) is 24.7 Å². The standard InChI is InChI=1S/C18H16N4O4S/c1-27-18-19-7-11-8-21(5-4-15(11)20-18)9-12-10-26-16-3-2-13(22(24)25)6-14(16)17(12)23/h2-3,6-7,10H,4-5,8-9H2,1H3. The maximum Gasteiger partial charge on any atom is 0.270 e. The average molecular weight is 384 g/mol. The van der Waals surface area contributed by atoms with Gasteiger partial charge in [0.25, 0.3) is 5.69 Å². The predicted octanol–water partition coefficient (Wildman–Crippen LogP) is 2.77. The van der Waals surface area contributed by atoms with Gasteiger partial charge in [-0.1, -0.05) is 11.8 Å². The first kappa shape index (κ1) is 17.6. The molecule has 0 saturated carbocycles. The molecular formula is C18H16N4O4S. The van der Waals surface area contributed by atoms with Gasteiger partial charge < -0.3 is 4.42 Å². The van der Waals surface area contributed by atoms with Crippen LogP contribution in [0.4, 0.5) is 5.69 Å². The fourth-order valence-corrected chi connectivity index (χ4v) is 3.57. The van der Waals surface area contributed by atoms with Crippen molar-refractivity contribution in [2.24, 2.45) is 0 Å². The van der Waals surface area contributed by atoms with Crippen LogP contribution in [-0.4, -0.2) is 32.6 Å². The van der Waals surface area contributed by atoms with Gasteiger partial charge >= 0.3 is 0 Å². The molecule has 0 fully saturated rings. The molecule has 0 atom stereocenters. The molecular weight excluding hydrogens is 368 g/mol. The van der Waals surface area contributed by atoms with E-state index in [2.05, 4.69) is 14.9 Å². The molecule has 0 unspecified atom stereocenters. The van der Waals surface area contributed by atoms with Gasteiger partial charge in [-0.3, -0.25) is 19.8 Å². The molecule has 0 spiro atoms. The Balaban J connectivity index is 1.61. The Bertz CT molecular complexity index is 1100. The zero-order chi connectivity index (χ0) is 19.0. The largest absolute Gasteiger partial charge is 0.464 e. The summed E-state index contributed by atoms with van der Waals surface area (Å²) in [4.78, 5) is 34.2. The van der Waals surface area contributed by atoms with Crippen LogP contribution in [0.3, 0.4) is 0 Å². The van der Waals surface area contributed by atoms with Crippen molar-refractivity contribution in [2.75, 3.05) is 12.8 Å². The Labute approximate surface area is 158 Å². The smallest absolute Gasteiger partial charge is 0.270 e. The van der Waals surface area contributed by atoms with E-state index < -0.39 is 4.92 Å². The minimum Gasteiger partial charge on any atom is -0.464 e. The summed E-state index contributed by atoms with van der Waals surface area (Å²) >= 11 is 1.51. The number of non-ortho nitro benzene ring substituents is 1. The highest BCUT2D eigenvalue weighted by atomic mass is 32.2.